The van der Waals surface area contributed by atoms with E-state index in [9.17, 15) is 4.39 Å². The average Bonchev–Trinajstić information content (AvgIpc) is 2.99. The molecular formula is C19H20FNO3. The summed E-state index contributed by atoms with van der Waals surface area (Å²) >= 11 is 0. The second kappa shape index (κ2) is 6.69. The minimum absolute atomic E-state index is 0.0353. The predicted octanol–water partition coefficient (Wildman–Crippen LogP) is 3.33. The molecule has 126 valence electrons. The number of fused-ring (bicyclic) bond motifs is 1. The van der Waals surface area contributed by atoms with E-state index in [1.54, 1.807) is 0 Å². The molecule has 1 fully saturated rings. The van der Waals surface area contributed by atoms with Crippen LogP contribution in [0.2, 0.25) is 0 Å². The van der Waals surface area contributed by atoms with Crippen molar-refractivity contribution in [3.05, 3.63) is 53.8 Å². The fourth-order valence-corrected chi connectivity index (χ4v) is 2.44. The predicted molar refractivity (Wildman–Crippen MR) is 88.2 cm³/mol. The average molecular weight is 338 g/mol. The zero-order valence-corrected chi connectivity index (χ0v) is 12.4. The van der Waals surface area contributed by atoms with Crippen molar-refractivity contribution in [1.29, 1.82) is 0 Å². The summed E-state index contributed by atoms with van der Waals surface area (Å²) in [6.45, 7) is -8.53. The van der Waals surface area contributed by atoms with Crippen LogP contribution in [0.5, 0.6) is 17.2 Å². The van der Waals surface area contributed by atoms with Gasteiger partial charge in [-0.15, -0.1) is 0 Å². The molecule has 0 saturated carbocycles. The Bertz CT molecular complexity index is 1070. The Morgan fingerprint density at radius 2 is 2.08 bits per heavy atom. The molecule has 2 atom stereocenters. The van der Waals surface area contributed by atoms with E-state index >= 15 is 0 Å². The van der Waals surface area contributed by atoms with Crippen LogP contribution in [0.25, 0.3) is 0 Å². The van der Waals surface area contributed by atoms with Gasteiger partial charge in [-0.3, -0.25) is 0 Å². The van der Waals surface area contributed by atoms with Crippen molar-refractivity contribution in [2.45, 2.75) is 12.3 Å². The molecule has 0 bridgehead atoms. The van der Waals surface area contributed by atoms with Crippen molar-refractivity contribution < 1.29 is 30.9 Å². The number of hydrogen-bond donors (Lipinski definition) is 1. The Labute approximate surface area is 153 Å². The maximum atomic E-state index is 13.5. The van der Waals surface area contributed by atoms with Crippen molar-refractivity contribution in [3.63, 3.8) is 0 Å². The van der Waals surface area contributed by atoms with Gasteiger partial charge in [-0.05, 0) is 48.6 Å². The highest BCUT2D eigenvalue weighted by Crippen LogP contribution is 2.36. The maximum Gasteiger partial charge on any atom is 0.231 e. The van der Waals surface area contributed by atoms with Gasteiger partial charge in [0.25, 0.3) is 0 Å². The van der Waals surface area contributed by atoms with E-state index in [0.29, 0.717) is 0 Å². The molecule has 0 radical (unpaired) electrons. The van der Waals surface area contributed by atoms with E-state index in [4.69, 9.17) is 26.5 Å². The third kappa shape index (κ3) is 3.17. The molecular weight excluding hydrogens is 309 g/mol. The molecule has 1 saturated heterocycles. The van der Waals surface area contributed by atoms with E-state index in [1.165, 1.54) is 30.3 Å². The summed E-state index contributed by atoms with van der Waals surface area (Å²) in [5.74, 6) is -4.84. The van der Waals surface area contributed by atoms with Gasteiger partial charge in [0, 0.05) is 25.4 Å². The summed E-state index contributed by atoms with van der Waals surface area (Å²) in [4.78, 5) is 0. The second-order valence-electron chi connectivity index (χ2n) is 5.23. The topological polar surface area (TPSA) is 39.7 Å². The van der Waals surface area contributed by atoms with Crippen LogP contribution in [0.15, 0.2) is 42.5 Å². The van der Waals surface area contributed by atoms with Gasteiger partial charge >= 0.3 is 0 Å². The van der Waals surface area contributed by atoms with Crippen LogP contribution >= 0.6 is 0 Å². The SMILES string of the molecule is [2H]C1([2H])Oc2ccc(OC([2H])([2H])C3([2H])CNC([2H])([2H])C([2H])([2H])[C@H]3c3ccc(F)cc3)cc2O1. The number of hydrogen-bond acceptors (Lipinski definition) is 4. The summed E-state index contributed by atoms with van der Waals surface area (Å²) in [7, 11) is 0. The van der Waals surface area contributed by atoms with Crippen LogP contribution in [0.1, 0.15) is 30.2 Å². The van der Waals surface area contributed by atoms with E-state index in [2.05, 4.69) is 5.32 Å². The van der Waals surface area contributed by atoms with Gasteiger partial charge in [-0.25, -0.2) is 4.39 Å². The zero-order valence-electron chi connectivity index (χ0n) is 21.4. The molecule has 0 aromatic heterocycles. The van der Waals surface area contributed by atoms with Crippen molar-refractivity contribution in [2.24, 2.45) is 5.89 Å². The first-order valence-corrected chi connectivity index (χ1v) is 7.30. The highest BCUT2D eigenvalue weighted by molar-refractivity contribution is 5.46. The van der Waals surface area contributed by atoms with Crippen LogP contribution in [0.3, 0.4) is 0 Å². The lowest BCUT2D eigenvalue weighted by Crippen LogP contribution is -2.38. The van der Waals surface area contributed by atoms with Crippen LogP contribution < -0.4 is 19.5 Å². The molecule has 5 heteroatoms. The number of piperidine rings is 1. The van der Waals surface area contributed by atoms with Crippen molar-refractivity contribution in [1.82, 2.24) is 5.32 Å². The summed E-state index contributed by atoms with van der Waals surface area (Å²) in [5, 5.41) is 2.28. The van der Waals surface area contributed by atoms with Gasteiger partial charge in [0.05, 0.1) is 9.30 Å². The van der Waals surface area contributed by atoms with Crippen molar-refractivity contribution in [2.75, 3.05) is 26.3 Å². The Hall–Kier alpha value is -2.27. The highest BCUT2D eigenvalue weighted by atomic mass is 19.1. The lowest BCUT2D eigenvalue weighted by Gasteiger charge is -2.32. The Balaban J connectivity index is 1.74. The first-order chi connectivity index (χ1) is 15.1. The van der Waals surface area contributed by atoms with Gasteiger partial charge in [0.1, 0.15) is 14.3 Å². The molecule has 4 nitrogen and oxygen atoms in total. The number of benzene rings is 2. The molecule has 1 N–H and O–H groups in total. The number of halogens is 1. The lowest BCUT2D eigenvalue weighted by atomic mass is 9.81. The van der Waals surface area contributed by atoms with Crippen LogP contribution in [-0.4, -0.2) is 26.3 Å². The summed E-state index contributed by atoms with van der Waals surface area (Å²) in [5.41, 5.74) is 0.0353. The van der Waals surface area contributed by atoms with Crippen LogP contribution in [0.4, 0.5) is 4.39 Å². The summed E-state index contributed by atoms with van der Waals surface area (Å²) in [6.07, 6.45) is -2.79. The Morgan fingerprint density at radius 1 is 1.25 bits per heavy atom. The van der Waals surface area contributed by atoms with Gasteiger partial charge in [-0.2, -0.15) is 0 Å². The quantitative estimate of drug-likeness (QED) is 0.928. The standard InChI is InChI=1S/C19H20FNO3/c20-15-3-1-13(2-4-15)17-7-8-21-10-14(17)11-22-16-5-6-18-19(9-16)24-12-23-18/h1-6,9,14,17,21H,7-8,10-12H2/t14?,17-/m0/s1/i7D2,8D2,11D2,12D2,14D. The van der Waals surface area contributed by atoms with E-state index in [1.807, 2.05) is 0 Å². The molecule has 2 heterocycles. The molecule has 0 spiro atoms. The smallest absolute Gasteiger partial charge is 0.231 e. The van der Waals surface area contributed by atoms with Gasteiger partial charge in [0.2, 0.25) is 6.75 Å². The van der Waals surface area contributed by atoms with Gasteiger partial charge in [0.15, 0.2) is 11.5 Å². The van der Waals surface area contributed by atoms with E-state index in [0.717, 1.165) is 12.1 Å². The molecule has 2 aliphatic heterocycles. The van der Waals surface area contributed by atoms with Gasteiger partial charge < -0.3 is 19.5 Å². The minimum atomic E-state index is -2.89. The normalized spacial score (nSPS) is 37.9. The van der Waals surface area contributed by atoms with Gasteiger partial charge in [-0.1, -0.05) is 12.1 Å². The molecule has 0 aliphatic carbocycles. The van der Waals surface area contributed by atoms with Crippen LogP contribution in [0, 0.1) is 11.7 Å². The number of nitrogens with one attached hydrogen (secondary N) is 1. The maximum absolute atomic E-state index is 13.5. The summed E-state index contributed by atoms with van der Waals surface area (Å²) in [6, 6.07) is 8.22. The van der Waals surface area contributed by atoms with E-state index in [-0.39, 0.29) is 22.8 Å². The molecule has 0 amide bonds. The number of ether oxygens (including phenoxy) is 3. The molecule has 1 unspecified atom stereocenters. The monoisotopic (exact) mass is 338 g/mol. The lowest BCUT2D eigenvalue weighted by molar-refractivity contribution is 0.173. The minimum Gasteiger partial charge on any atom is -0.493 e. The van der Waals surface area contributed by atoms with Crippen LogP contribution in [-0.2, 0) is 0 Å². The number of rotatable bonds is 4. The van der Waals surface area contributed by atoms with Crippen molar-refractivity contribution in [3.8, 4) is 17.2 Å². The molecule has 4 rings (SSSR count). The van der Waals surface area contributed by atoms with Crippen molar-refractivity contribution >= 4 is 0 Å². The third-order valence-corrected chi connectivity index (χ3v) is 3.65. The first kappa shape index (κ1) is 8.21. The second-order valence-corrected chi connectivity index (χ2v) is 5.23. The largest absolute Gasteiger partial charge is 0.493 e. The first-order valence-electron chi connectivity index (χ1n) is 11.8. The summed E-state index contributed by atoms with van der Waals surface area (Å²) < 4.78 is 103. The fraction of sp³-hybridized carbons (Fsp3) is 0.368. The molecule has 24 heavy (non-hydrogen) atoms. The third-order valence-electron chi connectivity index (χ3n) is 3.65. The Kier molecular flexibility index (Phi) is 2.29. The highest BCUT2D eigenvalue weighted by Gasteiger charge is 2.27. The molecule has 2 aromatic carbocycles. The Morgan fingerprint density at radius 3 is 2.96 bits per heavy atom. The molecule has 2 aliphatic rings. The fourth-order valence-electron chi connectivity index (χ4n) is 2.44. The molecule has 2 aromatic rings. The zero-order chi connectivity index (χ0) is 24.4. The van der Waals surface area contributed by atoms with E-state index < -0.39 is 50.3 Å².